The summed E-state index contributed by atoms with van der Waals surface area (Å²) in [7, 11) is 1.87. The van der Waals surface area contributed by atoms with Crippen molar-refractivity contribution in [2.45, 2.75) is 6.18 Å². The number of hydrogen-bond acceptors (Lipinski definition) is 5. The zero-order chi connectivity index (χ0) is 18.3. The van der Waals surface area contributed by atoms with Gasteiger partial charge in [-0.2, -0.15) is 18.2 Å². The molecule has 0 radical (unpaired) electrons. The van der Waals surface area contributed by atoms with Crippen molar-refractivity contribution < 1.29 is 13.2 Å². The van der Waals surface area contributed by atoms with Gasteiger partial charge in [0.25, 0.3) is 0 Å². The molecule has 0 aliphatic carbocycles. The molecule has 1 aliphatic heterocycles. The van der Waals surface area contributed by atoms with Crippen LogP contribution in [0.5, 0.6) is 0 Å². The first kappa shape index (κ1) is 16.6. The molecule has 1 fully saturated rings. The lowest BCUT2D eigenvalue weighted by molar-refractivity contribution is -0.137. The van der Waals surface area contributed by atoms with Crippen LogP contribution < -0.4 is 9.80 Å². The van der Waals surface area contributed by atoms with Gasteiger partial charge in [0.05, 0.1) is 18.1 Å². The summed E-state index contributed by atoms with van der Waals surface area (Å²) in [6, 6.07) is 5.46. The van der Waals surface area contributed by atoms with Crippen molar-refractivity contribution in [3.63, 3.8) is 0 Å². The summed E-state index contributed by atoms with van der Waals surface area (Å²) in [4.78, 5) is 17.1. The molecule has 3 heterocycles. The van der Waals surface area contributed by atoms with E-state index in [1.165, 1.54) is 12.1 Å². The molecule has 6 nitrogen and oxygen atoms in total. The Kier molecular flexibility index (Phi) is 3.93. The number of rotatable bonds is 2. The molecule has 0 saturated carbocycles. The molecule has 1 saturated heterocycles. The second-order valence-corrected chi connectivity index (χ2v) is 6.26. The van der Waals surface area contributed by atoms with Gasteiger partial charge in [-0.3, -0.25) is 0 Å². The average Bonchev–Trinajstić information content (AvgIpc) is 3.02. The third kappa shape index (κ3) is 3.04. The number of anilines is 2. The number of alkyl halides is 3. The molecule has 4 rings (SSSR count). The highest BCUT2D eigenvalue weighted by atomic mass is 19.4. The highest BCUT2D eigenvalue weighted by Gasteiger charge is 2.31. The molecule has 3 aromatic rings. The van der Waals surface area contributed by atoms with Crippen molar-refractivity contribution in [1.29, 1.82) is 0 Å². The molecular formula is C17H17F3N6. The molecule has 1 aliphatic rings. The van der Waals surface area contributed by atoms with E-state index >= 15 is 0 Å². The lowest BCUT2D eigenvalue weighted by Crippen LogP contribution is -2.47. The topological polar surface area (TPSA) is 50.1 Å². The zero-order valence-electron chi connectivity index (χ0n) is 14.1. The smallest absolute Gasteiger partial charge is 0.368 e. The minimum absolute atomic E-state index is 0.586. The van der Waals surface area contributed by atoms with Crippen LogP contribution in [0.4, 0.5) is 24.8 Å². The molecule has 0 atom stereocenters. The summed E-state index contributed by atoms with van der Waals surface area (Å²) in [5.41, 5.74) is 1.46. The van der Waals surface area contributed by atoms with Gasteiger partial charge < -0.3 is 14.4 Å². The fourth-order valence-electron chi connectivity index (χ4n) is 3.11. The Hall–Kier alpha value is -2.84. The highest BCUT2D eigenvalue weighted by Crippen LogP contribution is 2.32. The van der Waals surface area contributed by atoms with Gasteiger partial charge >= 0.3 is 6.18 Å². The van der Waals surface area contributed by atoms with Crippen LogP contribution in [0.15, 0.2) is 36.8 Å². The standard InChI is InChI=1S/C17H17F3N6/c1-24-11-22-14-10-21-16(23-15(14)24)26-7-5-25(6-8-26)13-4-2-3-12(9-13)17(18,19)20/h2-4,9-11H,5-8H2,1H3. The Morgan fingerprint density at radius 1 is 1.00 bits per heavy atom. The first-order valence-electron chi connectivity index (χ1n) is 8.23. The number of hydrogen-bond donors (Lipinski definition) is 0. The fourth-order valence-corrected chi connectivity index (χ4v) is 3.11. The Labute approximate surface area is 147 Å². The maximum atomic E-state index is 12.9. The van der Waals surface area contributed by atoms with Gasteiger partial charge in [-0.15, -0.1) is 0 Å². The van der Waals surface area contributed by atoms with E-state index in [2.05, 4.69) is 15.0 Å². The van der Waals surface area contributed by atoms with Gasteiger partial charge in [-0.05, 0) is 18.2 Å². The number of aromatic nitrogens is 4. The summed E-state index contributed by atoms with van der Waals surface area (Å²) >= 11 is 0. The van der Waals surface area contributed by atoms with E-state index < -0.39 is 11.7 Å². The predicted molar refractivity (Wildman–Crippen MR) is 92.2 cm³/mol. The maximum absolute atomic E-state index is 12.9. The lowest BCUT2D eigenvalue weighted by Gasteiger charge is -2.36. The van der Waals surface area contributed by atoms with Gasteiger partial charge in [-0.1, -0.05) is 6.07 Å². The number of piperazine rings is 1. The molecule has 1 aromatic carbocycles. The summed E-state index contributed by atoms with van der Waals surface area (Å²) < 4.78 is 40.5. The predicted octanol–water partition coefficient (Wildman–Crippen LogP) is 2.71. The summed E-state index contributed by atoms with van der Waals surface area (Å²) in [6.45, 7) is 2.49. The molecule has 9 heteroatoms. The number of fused-ring (bicyclic) bond motifs is 1. The van der Waals surface area contributed by atoms with Crippen molar-refractivity contribution >= 4 is 22.8 Å². The number of benzene rings is 1. The van der Waals surface area contributed by atoms with Crippen LogP contribution in [0.25, 0.3) is 11.2 Å². The Bertz CT molecular complexity index is 928. The van der Waals surface area contributed by atoms with E-state index in [0.717, 1.165) is 17.2 Å². The molecule has 0 bridgehead atoms. The number of nitrogens with zero attached hydrogens (tertiary/aromatic N) is 6. The van der Waals surface area contributed by atoms with Crippen LogP contribution in [0.3, 0.4) is 0 Å². The minimum Gasteiger partial charge on any atom is -0.368 e. The molecule has 0 N–H and O–H groups in total. The fraction of sp³-hybridized carbons (Fsp3) is 0.353. The SMILES string of the molecule is Cn1cnc2cnc(N3CCN(c4cccc(C(F)(F)F)c4)CC3)nc21. The molecule has 0 amide bonds. The average molecular weight is 362 g/mol. The third-order valence-corrected chi connectivity index (χ3v) is 4.54. The molecule has 136 valence electrons. The van der Waals surface area contributed by atoms with Crippen LogP contribution in [0.2, 0.25) is 0 Å². The van der Waals surface area contributed by atoms with E-state index in [1.807, 2.05) is 21.4 Å². The summed E-state index contributed by atoms with van der Waals surface area (Å²) in [6.07, 6.45) is -0.949. The van der Waals surface area contributed by atoms with Gasteiger partial charge in [0.2, 0.25) is 5.95 Å². The van der Waals surface area contributed by atoms with Crippen molar-refractivity contribution in [3.05, 3.63) is 42.4 Å². The first-order chi connectivity index (χ1) is 12.4. The largest absolute Gasteiger partial charge is 0.416 e. The summed E-state index contributed by atoms with van der Waals surface area (Å²) in [5.74, 6) is 0.616. The number of aryl methyl sites for hydroxylation is 1. The number of halogens is 3. The van der Waals surface area contributed by atoms with Gasteiger partial charge in [-0.25, -0.2) is 9.97 Å². The van der Waals surface area contributed by atoms with E-state index in [0.29, 0.717) is 37.8 Å². The Morgan fingerprint density at radius 2 is 1.73 bits per heavy atom. The quantitative estimate of drug-likeness (QED) is 0.702. The van der Waals surface area contributed by atoms with Crippen LogP contribution in [-0.4, -0.2) is 45.7 Å². The van der Waals surface area contributed by atoms with E-state index in [9.17, 15) is 13.2 Å². The third-order valence-electron chi connectivity index (χ3n) is 4.54. The Morgan fingerprint density at radius 3 is 2.46 bits per heavy atom. The molecule has 0 spiro atoms. The monoisotopic (exact) mass is 362 g/mol. The molecule has 0 unspecified atom stereocenters. The second-order valence-electron chi connectivity index (χ2n) is 6.26. The first-order valence-corrected chi connectivity index (χ1v) is 8.23. The zero-order valence-corrected chi connectivity index (χ0v) is 14.1. The van der Waals surface area contributed by atoms with Crippen LogP contribution in [0.1, 0.15) is 5.56 Å². The summed E-state index contributed by atoms with van der Waals surface area (Å²) in [5, 5.41) is 0. The lowest BCUT2D eigenvalue weighted by atomic mass is 10.1. The van der Waals surface area contributed by atoms with Crippen molar-refractivity contribution in [2.75, 3.05) is 36.0 Å². The van der Waals surface area contributed by atoms with Crippen molar-refractivity contribution in [1.82, 2.24) is 19.5 Å². The van der Waals surface area contributed by atoms with E-state index in [-0.39, 0.29) is 0 Å². The minimum atomic E-state index is -4.33. The van der Waals surface area contributed by atoms with Gasteiger partial charge in [0.15, 0.2) is 5.65 Å². The maximum Gasteiger partial charge on any atom is 0.416 e. The van der Waals surface area contributed by atoms with Gasteiger partial charge in [0.1, 0.15) is 5.52 Å². The van der Waals surface area contributed by atoms with Gasteiger partial charge in [0, 0.05) is 38.9 Å². The normalized spacial score (nSPS) is 15.7. The van der Waals surface area contributed by atoms with E-state index in [4.69, 9.17) is 0 Å². The van der Waals surface area contributed by atoms with Crippen molar-refractivity contribution in [2.24, 2.45) is 7.05 Å². The molecule has 2 aromatic heterocycles. The molecular weight excluding hydrogens is 345 g/mol. The Balaban J connectivity index is 1.49. The van der Waals surface area contributed by atoms with Crippen molar-refractivity contribution in [3.8, 4) is 0 Å². The highest BCUT2D eigenvalue weighted by molar-refractivity contribution is 5.70. The van der Waals surface area contributed by atoms with Crippen LogP contribution >= 0.6 is 0 Å². The van der Waals surface area contributed by atoms with Crippen LogP contribution in [-0.2, 0) is 13.2 Å². The van der Waals surface area contributed by atoms with Crippen LogP contribution in [0, 0.1) is 0 Å². The second kappa shape index (κ2) is 6.15. The number of imidazole rings is 1. The van der Waals surface area contributed by atoms with E-state index in [1.54, 1.807) is 18.6 Å². The molecule has 26 heavy (non-hydrogen) atoms.